The molecule has 0 amide bonds. The Balaban J connectivity index is 2.23. The Labute approximate surface area is 108 Å². The molecule has 2 N–H and O–H groups in total. The summed E-state index contributed by atoms with van der Waals surface area (Å²) in [7, 11) is -2.91. The number of nitrogens with zero attached hydrogens (tertiary/aromatic N) is 1. The van der Waals surface area contributed by atoms with Gasteiger partial charge in [-0.3, -0.25) is 4.90 Å². The topological polar surface area (TPSA) is 76.5 Å². The molecule has 0 radical (unpaired) electrons. The summed E-state index contributed by atoms with van der Waals surface area (Å²) >= 11 is 0. The maximum absolute atomic E-state index is 11.6. The quantitative estimate of drug-likeness (QED) is 0.880. The zero-order chi connectivity index (χ0) is 13.3. The van der Waals surface area contributed by atoms with Crippen LogP contribution in [0.1, 0.15) is 25.6 Å². The van der Waals surface area contributed by atoms with Crippen LogP contribution in [0.5, 0.6) is 0 Å². The third-order valence-electron chi connectivity index (χ3n) is 3.41. The van der Waals surface area contributed by atoms with Crippen LogP contribution in [0.25, 0.3) is 0 Å². The zero-order valence-electron chi connectivity index (χ0n) is 10.7. The first-order chi connectivity index (χ1) is 8.41. The Morgan fingerprint density at radius 1 is 1.56 bits per heavy atom. The van der Waals surface area contributed by atoms with Crippen molar-refractivity contribution in [2.24, 2.45) is 5.73 Å². The van der Waals surface area contributed by atoms with E-state index in [9.17, 15) is 8.42 Å². The molecule has 1 saturated heterocycles. The molecule has 0 aliphatic carbocycles. The van der Waals surface area contributed by atoms with E-state index in [4.69, 9.17) is 10.2 Å². The minimum atomic E-state index is -2.91. The van der Waals surface area contributed by atoms with Gasteiger partial charge in [0, 0.05) is 18.6 Å². The Morgan fingerprint density at radius 3 is 2.78 bits per heavy atom. The maximum atomic E-state index is 11.6. The van der Waals surface area contributed by atoms with E-state index >= 15 is 0 Å². The normalized spacial score (nSPS) is 27.8. The SMILES string of the molecule is CC(N)C(c1ccco1)N1CCS(=O)(=O)CC1C. The summed E-state index contributed by atoms with van der Waals surface area (Å²) in [5.74, 6) is 1.19. The van der Waals surface area contributed by atoms with Gasteiger partial charge < -0.3 is 10.2 Å². The van der Waals surface area contributed by atoms with Crippen molar-refractivity contribution in [3.63, 3.8) is 0 Å². The van der Waals surface area contributed by atoms with E-state index in [0.29, 0.717) is 6.54 Å². The summed E-state index contributed by atoms with van der Waals surface area (Å²) < 4.78 is 28.6. The molecule has 0 aromatic carbocycles. The highest BCUT2D eigenvalue weighted by Crippen LogP contribution is 2.28. The summed E-state index contributed by atoms with van der Waals surface area (Å²) in [6, 6.07) is 3.51. The minimum Gasteiger partial charge on any atom is -0.468 e. The second-order valence-electron chi connectivity index (χ2n) is 5.02. The number of hydrogen-bond acceptors (Lipinski definition) is 5. The molecule has 0 spiro atoms. The van der Waals surface area contributed by atoms with Gasteiger partial charge in [0.15, 0.2) is 9.84 Å². The monoisotopic (exact) mass is 272 g/mol. The number of furan rings is 1. The van der Waals surface area contributed by atoms with Crippen LogP contribution in [0.4, 0.5) is 0 Å². The molecule has 2 heterocycles. The molecule has 2 rings (SSSR count). The van der Waals surface area contributed by atoms with Gasteiger partial charge in [-0.05, 0) is 26.0 Å². The third-order valence-corrected chi connectivity index (χ3v) is 5.21. The Morgan fingerprint density at radius 2 is 2.28 bits per heavy atom. The highest BCUT2D eigenvalue weighted by atomic mass is 32.2. The van der Waals surface area contributed by atoms with Crippen LogP contribution in [-0.4, -0.2) is 43.5 Å². The molecule has 1 aliphatic heterocycles. The second-order valence-corrected chi connectivity index (χ2v) is 7.25. The van der Waals surface area contributed by atoms with Crippen molar-refractivity contribution in [1.82, 2.24) is 4.90 Å². The average molecular weight is 272 g/mol. The molecule has 1 aromatic heterocycles. The molecule has 3 atom stereocenters. The number of sulfone groups is 1. The fraction of sp³-hybridized carbons (Fsp3) is 0.667. The average Bonchev–Trinajstić information content (AvgIpc) is 2.73. The lowest BCUT2D eigenvalue weighted by molar-refractivity contribution is 0.122. The van der Waals surface area contributed by atoms with Crippen LogP contribution >= 0.6 is 0 Å². The summed E-state index contributed by atoms with van der Waals surface area (Å²) in [6.07, 6.45) is 1.62. The van der Waals surface area contributed by atoms with E-state index in [1.54, 1.807) is 6.26 Å². The van der Waals surface area contributed by atoms with Gasteiger partial charge in [0.1, 0.15) is 5.76 Å². The molecule has 0 saturated carbocycles. The Kier molecular flexibility index (Phi) is 3.79. The second kappa shape index (κ2) is 5.03. The molecule has 1 fully saturated rings. The van der Waals surface area contributed by atoms with Crippen LogP contribution < -0.4 is 5.73 Å². The van der Waals surface area contributed by atoms with Gasteiger partial charge in [0.05, 0.1) is 23.8 Å². The largest absolute Gasteiger partial charge is 0.468 e. The first kappa shape index (κ1) is 13.6. The van der Waals surface area contributed by atoms with Crippen molar-refractivity contribution < 1.29 is 12.8 Å². The first-order valence-electron chi connectivity index (χ1n) is 6.16. The van der Waals surface area contributed by atoms with Gasteiger partial charge in [0.2, 0.25) is 0 Å². The predicted molar refractivity (Wildman–Crippen MR) is 69.9 cm³/mol. The van der Waals surface area contributed by atoms with Gasteiger partial charge in [-0.2, -0.15) is 0 Å². The molecule has 0 bridgehead atoms. The Hall–Kier alpha value is -0.850. The van der Waals surface area contributed by atoms with Gasteiger partial charge in [-0.25, -0.2) is 8.42 Å². The minimum absolute atomic E-state index is 0.0372. The molecule has 18 heavy (non-hydrogen) atoms. The number of rotatable bonds is 3. The number of hydrogen-bond donors (Lipinski definition) is 1. The zero-order valence-corrected chi connectivity index (χ0v) is 11.6. The van der Waals surface area contributed by atoms with E-state index < -0.39 is 9.84 Å². The first-order valence-corrected chi connectivity index (χ1v) is 7.98. The van der Waals surface area contributed by atoms with Crippen LogP contribution in [-0.2, 0) is 9.84 Å². The van der Waals surface area contributed by atoms with E-state index in [-0.39, 0.29) is 29.6 Å². The van der Waals surface area contributed by atoms with Crippen molar-refractivity contribution >= 4 is 9.84 Å². The van der Waals surface area contributed by atoms with E-state index in [0.717, 1.165) is 5.76 Å². The lowest BCUT2D eigenvalue weighted by Gasteiger charge is -2.40. The highest BCUT2D eigenvalue weighted by molar-refractivity contribution is 7.91. The molecule has 5 nitrogen and oxygen atoms in total. The standard InChI is InChI=1S/C12H20N2O3S/c1-9-8-18(15,16)7-5-14(9)12(10(2)13)11-4-3-6-17-11/h3-4,6,9-10,12H,5,7-8,13H2,1-2H3. The van der Waals surface area contributed by atoms with Crippen molar-refractivity contribution in [2.45, 2.75) is 32.0 Å². The van der Waals surface area contributed by atoms with E-state index in [1.807, 2.05) is 26.0 Å². The van der Waals surface area contributed by atoms with Crippen molar-refractivity contribution in [3.05, 3.63) is 24.2 Å². The molecule has 3 unspecified atom stereocenters. The van der Waals surface area contributed by atoms with Crippen LogP contribution in [0.3, 0.4) is 0 Å². The fourth-order valence-electron chi connectivity index (χ4n) is 2.61. The molecular formula is C12H20N2O3S. The lowest BCUT2D eigenvalue weighted by atomic mass is 10.0. The van der Waals surface area contributed by atoms with Crippen LogP contribution in [0, 0.1) is 0 Å². The lowest BCUT2D eigenvalue weighted by Crippen LogP contribution is -2.52. The number of nitrogens with two attached hydrogens (primary N) is 1. The van der Waals surface area contributed by atoms with Crippen molar-refractivity contribution in [2.75, 3.05) is 18.1 Å². The van der Waals surface area contributed by atoms with Gasteiger partial charge >= 0.3 is 0 Å². The molecular weight excluding hydrogens is 252 g/mol. The fourth-order valence-corrected chi connectivity index (χ4v) is 4.19. The molecule has 102 valence electrons. The Bertz CT molecular complexity index is 481. The van der Waals surface area contributed by atoms with Gasteiger partial charge in [-0.15, -0.1) is 0 Å². The van der Waals surface area contributed by atoms with E-state index in [1.165, 1.54) is 0 Å². The smallest absolute Gasteiger partial charge is 0.153 e. The predicted octanol–water partition coefficient (Wildman–Crippen LogP) is 0.787. The third kappa shape index (κ3) is 2.76. The van der Waals surface area contributed by atoms with Gasteiger partial charge in [-0.1, -0.05) is 0 Å². The summed E-state index contributed by atoms with van der Waals surface area (Å²) in [5, 5.41) is 0. The van der Waals surface area contributed by atoms with Crippen molar-refractivity contribution in [1.29, 1.82) is 0 Å². The summed E-state index contributed by atoms with van der Waals surface area (Å²) in [6.45, 7) is 4.36. The molecule has 1 aliphatic rings. The van der Waals surface area contributed by atoms with Crippen LogP contribution in [0.15, 0.2) is 22.8 Å². The maximum Gasteiger partial charge on any atom is 0.153 e. The molecule has 1 aromatic rings. The summed E-state index contributed by atoms with van der Waals surface area (Å²) in [5.41, 5.74) is 6.04. The highest BCUT2D eigenvalue weighted by Gasteiger charge is 2.36. The van der Waals surface area contributed by atoms with Crippen molar-refractivity contribution in [3.8, 4) is 0 Å². The van der Waals surface area contributed by atoms with E-state index in [2.05, 4.69) is 4.90 Å². The molecule has 6 heteroatoms. The summed E-state index contributed by atoms with van der Waals surface area (Å²) in [4.78, 5) is 2.13. The van der Waals surface area contributed by atoms with Gasteiger partial charge in [0.25, 0.3) is 0 Å². The van der Waals surface area contributed by atoms with Crippen LogP contribution in [0.2, 0.25) is 0 Å².